The van der Waals surface area contributed by atoms with Gasteiger partial charge >= 0.3 is 0 Å². The molecule has 2 N–H and O–H groups in total. The van der Waals surface area contributed by atoms with Crippen LogP contribution in [-0.2, 0) is 6.42 Å². The van der Waals surface area contributed by atoms with Crippen molar-refractivity contribution in [2.24, 2.45) is 4.99 Å². The number of piperidine rings is 1. The Morgan fingerprint density at radius 2 is 1.88 bits per heavy atom. The molecule has 0 spiro atoms. The van der Waals surface area contributed by atoms with Crippen molar-refractivity contribution in [2.75, 3.05) is 33.2 Å². The maximum absolute atomic E-state index is 5.69. The van der Waals surface area contributed by atoms with Crippen LogP contribution in [0.5, 0.6) is 0 Å². The van der Waals surface area contributed by atoms with Gasteiger partial charge in [-0.3, -0.25) is 9.89 Å². The zero-order valence-electron chi connectivity index (χ0n) is 15.3. The predicted octanol–water partition coefficient (Wildman–Crippen LogP) is 3.43. The Morgan fingerprint density at radius 3 is 2.54 bits per heavy atom. The summed E-state index contributed by atoms with van der Waals surface area (Å²) in [5.41, 5.74) is 0. The monoisotopic (exact) mass is 472 g/mol. The normalized spacial score (nSPS) is 16.7. The molecule has 1 aliphatic rings. The van der Waals surface area contributed by atoms with E-state index in [0.717, 1.165) is 50.1 Å². The van der Waals surface area contributed by atoms with Crippen LogP contribution in [0.15, 0.2) is 50.6 Å². The Balaban J connectivity index is 0.00000243. The molecule has 1 unspecified atom stereocenters. The summed E-state index contributed by atoms with van der Waals surface area (Å²) in [6.07, 6.45) is 8.13. The number of hydrogen-bond acceptors (Lipinski definition) is 4. The third-order valence-electron chi connectivity index (χ3n) is 4.63. The maximum atomic E-state index is 5.69. The highest BCUT2D eigenvalue weighted by molar-refractivity contribution is 14.0. The molecular weight excluding hydrogens is 443 g/mol. The van der Waals surface area contributed by atoms with E-state index in [1.54, 1.807) is 19.6 Å². The summed E-state index contributed by atoms with van der Waals surface area (Å²) < 4.78 is 11.0. The van der Waals surface area contributed by atoms with Gasteiger partial charge < -0.3 is 19.5 Å². The molecule has 6 nitrogen and oxygen atoms in total. The topological polar surface area (TPSA) is 65.9 Å². The minimum atomic E-state index is 0. The zero-order valence-corrected chi connectivity index (χ0v) is 17.6. The fourth-order valence-corrected chi connectivity index (χ4v) is 3.29. The van der Waals surface area contributed by atoms with Crippen LogP contribution >= 0.6 is 24.0 Å². The molecule has 1 saturated heterocycles. The van der Waals surface area contributed by atoms with Crippen LogP contribution in [-0.4, -0.2) is 44.1 Å². The number of nitrogens with zero attached hydrogens (tertiary/aromatic N) is 2. The first-order valence-electron chi connectivity index (χ1n) is 9.11. The summed E-state index contributed by atoms with van der Waals surface area (Å²) in [5.74, 6) is 2.80. The van der Waals surface area contributed by atoms with E-state index in [2.05, 4.69) is 26.6 Å². The maximum Gasteiger partial charge on any atom is 0.191 e. The molecule has 0 aliphatic carbocycles. The lowest BCUT2D eigenvalue weighted by atomic mass is 10.1. The van der Waals surface area contributed by atoms with Gasteiger partial charge in [0.15, 0.2) is 5.96 Å². The molecule has 0 bridgehead atoms. The quantitative estimate of drug-likeness (QED) is 0.367. The molecule has 0 aromatic carbocycles. The fourth-order valence-electron chi connectivity index (χ4n) is 3.29. The van der Waals surface area contributed by atoms with Crippen LogP contribution in [0.3, 0.4) is 0 Å². The third-order valence-corrected chi connectivity index (χ3v) is 4.63. The number of aliphatic imine (C=N–C) groups is 1. The molecule has 1 atom stereocenters. The first kappa shape index (κ1) is 20.8. The van der Waals surface area contributed by atoms with Crippen molar-refractivity contribution in [3.05, 3.63) is 48.3 Å². The second kappa shape index (κ2) is 11.3. The highest BCUT2D eigenvalue weighted by atomic mass is 127. The Bertz CT molecular complexity index is 622. The molecule has 1 aliphatic heterocycles. The fraction of sp³-hybridized carbons (Fsp3) is 0.526. The molecular formula is C19H29IN4O2. The number of guanidine groups is 1. The average molecular weight is 472 g/mol. The first-order valence-corrected chi connectivity index (χ1v) is 9.11. The van der Waals surface area contributed by atoms with Crippen LogP contribution in [0.2, 0.25) is 0 Å². The van der Waals surface area contributed by atoms with Gasteiger partial charge in [-0.25, -0.2) is 0 Å². The molecule has 0 radical (unpaired) electrons. The number of hydrogen-bond donors (Lipinski definition) is 2. The van der Waals surface area contributed by atoms with E-state index in [-0.39, 0.29) is 30.0 Å². The largest absolute Gasteiger partial charge is 0.469 e. The summed E-state index contributed by atoms with van der Waals surface area (Å²) in [7, 11) is 1.80. The number of rotatable bonds is 7. The minimum absolute atomic E-state index is 0. The molecule has 0 saturated carbocycles. The Labute approximate surface area is 172 Å². The standard InChI is InChI=1S/C19H28N4O2.HI/c1-20-19(21-10-9-16-7-5-13-24-16)22-15-17(18-8-6-14-25-18)23-11-3-2-4-12-23;/h5-8,13-14,17H,2-4,9-12,15H2,1H3,(H2,20,21,22);1H. The molecule has 2 aromatic rings. The summed E-state index contributed by atoms with van der Waals surface area (Å²) in [5, 5.41) is 6.78. The van der Waals surface area contributed by atoms with Crippen LogP contribution in [0.1, 0.15) is 36.8 Å². The van der Waals surface area contributed by atoms with E-state index in [0.29, 0.717) is 0 Å². The van der Waals surface area contributed by atoms with E-state index in [1.165, 1.54) is 19.3 Å². The van der Waals surface area contributed by atoms with E-state index in [9.17, 15) is 0 Å². The lowest BCUT2D eigenvalue weighted by molar-refractivity contribution is 0.146. The van der Waals surface area contributed by atoms with Gasteiger partial charge in [0.2, 0.25) is 0 Å². The van der Waals surface area contributed by atoms with Crippen molar-refractivity contribution >= 4 is 29.9 Å². The van der Waals surface area contributed by atoms with Gasteiger partial charge in [-0.05, 0) is 50.2 Å². The van der Waals surface area contributed by atoms with E-state index < -0.39 is 0 Å². The molecule has 3 heterocycles. The summed E-state index contributed by atoms with van der Waals surface area (Å²) >= 11 is 0. The van der Waals surface area contributed by atoms with Gasteiger partial charge in [0.05, 0.1) is 18.6 Å². The number of nitrogens with one attached hydrogen (secondary N) is 2. The molecule has 0 amide bonds. The van der Waals surface area contributed by atoms with Gasteiger partial charge in [0.1, 0.15) is 11.5 Å². The average Bonchev–Trinajstić information content (AvgIpc) is 3.35. The third kappa shape index (κ3) is 6.05. The van der Waals surface area contributed by atoms with E-state index in [1.807, 2.05) is 18.2 Å². The van der Waals surface area contributed by atoms with Crippen LogP contribution in [0, 0.1) is 0 Å². The highest BCUT2D eigenvalue weighted by Crippen LogP contribution is 2.24. The van der Waals surface area contributed by atoms with Crippen molar-refractivity contribution in [2.45, 2.75) is 31.7 Å². The van der Waals surface area contributed by atoms with Crippen molar-refractivity contribution in [1.82, 2.24) is 15.5 Å². The van der Waals surface area contributed by atoms with Gasteiger partial charge in [-0.15, -0.1) is 24.0 Å². The minimum Gasteiger partial charge on any atom is -0.469 e. The van der Waals surface area contributed by atoms with Crippen LogP contribution < -0.4 is 10.6 Å². The van der Waals surface area contributed by atoms with Gasteiger partial charge in [0, 0.05) is 26.6 Å². The number of furan rings is 2. The van der Waals surface area contributed by atoms with Crippen molar-refractivity contribution in [3.63, 3.8) is 0 Å². The Morgan fingerprint density at radius 1 is 1.12 bits per heavy atom. The first-order chi connectivity index (χ1) is 12.4. The second-order valence-corrected chi connectivity index (χ2v) is 6.34. The summed E-state index contributed by atoms with van der Waals surface area (Å²) in [4.78, 5) is 6.83. The van der Waals surface area contributed by atoms with Gasteiger partial charge in [-0.2, -0.15) is 0 Å². The van der Waals surface area contributed by atoms with E-state index >= 15 is 0 Å². The van der Waals surface area contributed by atoms with Crippen LogP contribution in [0.25, 0.3) is 0 Å². The SMILES string of the molecule is CN=C(NCCc1ccco1)NCC(c1ccco1)N1CCCCC1.I. The highest BCUT2D eigenvalue weighted by Gasteiger charge is 2.24. The van der Waals surface area contributed by atoms with Crippen LogP contribution in [0.4, 0.5) is 0 Å². The Hall–Kier alpha value is -1.48. The predicted molar refractivity (Wildman–Crippen MR) is 114 cm³/mol. The molecule has 26 heavy (non-hydrogen) atoms. The summed E-state index contributed by atoms with van der Waals surface area (Å²) in [6.45, 7) is 3.80. The van der Waals surface area contributed by atoms with E-state index in [4.69, 9.17) is 8.83 Å². The summed E-state index contributed by atoms with van der Waals surface area (Å²) in [6, 6.07) is 8.16. The Kier molecular flexibility index (Phi) is 9.04. The zero-order chi connectivity index (χ0) is 17.3. The molecule has 3 rings (SSSR count). The molecule has 2 aromatic heterocycles. The van der Waals surface area contributed by atoms with Crippen molar-refractivity contribution in [3.8, 4) is 0 Å². The van der Waals surface area contributed by atoms with Crippen molar-refractivity contribution < 1.29 is 8.83 Å². The molecule has 144 valence electrons. The lowest BCUT2D eigenvalue weighted by Gasteiger charge is -2.33. The number of halogens is 1. The van der Waals surface area contributed by atoms with Gasteiger partial charge in [0.25, 0.3) is 0 Å². The molecule has 7 heteroatoms. The second-order valence-electron chi connectivity index (χ2n) is 6.34. The number of likely N-dealkylation sites (tertiary alicyclic amines) is 1. The van der Waals surface area contributed by atoms with Crippen molar-refractivity contribution in [1.29, 1.82) is 0 Å². The van der Waals surface area contributed by atoms with Gasteiger partial charge in [-0.1, -0.05) is 6.42 Å². The smallest absolute Gasteiger partial charge is 0.191 e. The lowest BCUT2D eigenvalue weighted by Crippen LogP contribution is -2.44. The molecule has 1 fully saturated rings.